The molecule has 1 aliphatic carbocycles. The highest BCUT2D eigenvalue weighted by Crippen LogP contribution is 2.43. The van der Waals surface area contributed by atoms with Gasteiger partial charge in [-0.2, -0.15) is 0 Å². The normalized spacial score (nSPS) is 29.5. The van der Waals surface area contributed by atoms with Crippen molar-refractivity contribution in [2.45, 2.75) is 66.2 Å². The zero-order valence-corrected chi connectivity index (χ0v) is 15.1. The second-order valence-corrected chi connectivity index (χ2v) is 8.47. The molecule has 128 valence electrons. The van der Waals surface area contributed by atoms with Crippen LogP contribution < -0.4 is 0 Å². The van der Waals surface area contributed by atoms with E-state index in [1.165, 1.54) is 19.3 Å². The summed E-state index contributed by atoms with van der Waals surface area (Å²) in [6, 6.07) is 0. The van der Waals surface area contributed by atoms with Gasteiger partial charge in [-0.05, 0) is 62.2 Å². The number of ether oxygens (including phenoxy) is 1. The first kappa shape index (κ1) is 17.8. The summed E-state index contributed by atoms with van der Waals surface area (Å²) in [6.07, 6.45) is 6.74. The van der Waals surface area contributed by atoms with Crippen LogP contribution in [-0.4, -0.2) is 37.1 Å². The van der Waals surface area contributed by atoms with Crippen LogP contribution in [-0.2, 0) is 9.53 Å². The summed E-state index contributed by atoms with van der Waals surface area (Å²) in [6.45, 7) is 12.6. The molecule has 3 nitrogen and oxygen atoms in total. The second-order valence-electron chi connectivity index (χ2n) is 8.47. The molecule has 0 radical (unpaired) electrons. The van der Waals surface area contributed by atoms with E-state index in [0.717, 1.165) is 51.5 Å². The average molecular weight is 309 g/mol. The van der Waals surface area contributed by atoms with Gasteiger partial charge in [-0.15, -0.1) is 0 Å². The Morgan fingerprint density at radius 1 is 1.18 bits per heavy atom. The highest BCUT2D eigenvalue weighted by molar-refractivity contribution is 5.76. The third-order valence-electron chi connectivity index (χ3n) is 5.47. The molecule has 0 aromatic rings. The van der Waals surface area contributed by atoms with Gasteiger partial charge in [0.1, 0.15) is 0 Å². The van der Waals surface area contributed by atoms with Gasteiger partial charge in [0, 0.05) is 32.7 Å². The Morgan fingerprint density at radius 2 is 1.86 bits per heavy atom. The SMILES string of the molecule is CCOCC1CCN(C(=O)C[C@@H]2C[C@H](C)CC(C)(C)C2)CC1. The molecule has 2 aliphatic rings. The van der Waals surface area contributed by atoms with Gasteiger partial charge in [-0.25, -0.2) is 0 Å². The predicted octanol–water partition coefficient (Wildman–Crippen LogP) is 4.11. The molecule has 1 heterocycles. The first-order chi connectivity index (χ1) is 10.4. The highest BCUT2D eigenvalue weighted by Gasteiger charge is 2.34. The molecule has 1 saturated carbocycles. The van der Waals surface area contributed by atoms with Crippen LogP contribution in [0.1, 0.15) is 66.2 Å². The number of nitrogens with zero attached hydrogens (tertiary/aromatic N) is 1. The molecule has 2 rings (SSSR count). The van der Waals surface area contributed by atoms with Crippen molar-refractivity contribution in [2.75, 3.05) is 26.3 Å². The number of carbonyl (C=O) groups is 1. The lowest BCUT2D eigenvalue weighted by Gasteiger charge is -2.40. The summed E-state index contributed by atoms with van der Waals surface area (Å²) in [5.41, 5.74) is 0.410. The number of rotatable bonds is 5. The van der Waals surface area contributed by atoms with Crippen molar-refractivity contribution in [3.05, 3.63) is 0 Å². The molecule has 0 unspecified atom stereocenters. The smallest absolute Gasteiger partial charge is 0.222 e. The fourth-order valence-electron chi connectivity index (χ4n) is 4.71. The van der Waals surface area contributed by atoms with E-state index in [1.807, 2.05) is 6.92 Å². The molecule has 0 bridgehead atoms. The van der Waals surface area contributed by atoms with E-state index in [4.69, 9.17) is 4.74 Å². The summed E-state index contributed by atoms with van der Waals surface area (Å²) in [5, 5.41) is 0. The zero-order valence-electron chi connectivity index (χ0n) is 15.1. The van der Waals surface area contributed by atoms with Crippen LogP contribution in [0.3, 0.4) is 0 Å². The van der Waals surface area contributed by atoms with E-state index in [-0.39, 0.29) is 0 Å². The monoisotopic (exact) mass is 309 g/mol. The van der Waals surface area contributed by atoms with Gasteiger partial charge < -0.3 is 9.64 Å². The van der Waals surface area contributed by atoms with Gasteiger partial charge in [-0.1, -0.05) is 20.8 Å². The molecule has 22 heavy (non-hydrogen) atoms. The molecule has 1 aliphatic heterocycles. The topological polar surface area (TPSA) is 29.5 Å². The summed E-state index contributed by atoms with van der Waals surface area (Å²) in [5.74, 6) is 2.40. The molecule has 2 fully saturated rings. The first-order valence-electron chi connectivity index (χ1n) is 9.25. The Kier molecular flexibility index (Phi) is 6.31. The number of hydrogen-bond donors (Lipinski definition) is 0. The number of piperidine rings is 1. The van der Waals surface area contributed by atoms with Crippen molar-refractivity contribution < 1.29 is 9.53 Å². The van der Waals surface area contributed by atoms with E-state index in [0.29, 0.717) is 23.2 Å². The number of amides is 1. The maximum atomic E-state index is 12.6. The molecule has 0 aromatic carbocycles. The molecular formula is C19H35NO2. The Balaban J connectivity index is 1.76. The van der Waals surface area contributed by atoms with Crippen LogP contribution >= 0.6 is 0 Å². The average Bonchev–Trinajstić information content (AvgIpc) is 2.43. The lowest BCUT2D eigenvalue weighted by molar-refractivity contribution is -0.134. The van der Waals surface area contributed by atoms with E-state index in [9.17, 15) is 4.79 Å². The largest absolute Gasteiger partial charge is 0.381 e. The molecule has 0 aromatic heterocycles. The molecule has 2 atom stereocenters. The number of hydrogen-bond acceptors (Lipinski definition) is 2. The summed E-state index contributed by atoms with van der Waals surface area (Å²) in [7, 11) is 0. The van der Waals surface area contributed by atoms with Crippen molar-refractivity contribution in [2.24, 2.45) is 23.2 Å². The van der Waals surface area contributed by atoms with Crippen LogP contribution in [0.15, 0.2) is 0 Å². The highest BCUT2D eigenvalue weighted by atomic mass is 16.5. The van der Waals surface area contributed by atoms with Gasteiger partial charge >= 0.3 is 0 Å². The fourth-order valence-corrected chi connectivity index (χ4v) is 4.71. The van der Waals surface area contributed by atoms with Gasteiger partial charge in [0.25, 0.3) is 0 Å². The third-order valence-corrected chi connectivity index (χ3v) is 5.47. The van der Waals surface area contributed by atoms with Crippen molar-refractivity contribution in [1.82, 2.24) is 4.90 Å². The van der Waals surface area contributed by atoms with E-state index in [1.54, 1.807) is 0 Å². The van der Waals surface area contributed by atoms with Gasteiger partial charge in [-0.3, -0.25) is 4.79 Å². The quantitative estimate of drug-likeness (QED) is 0.764. The molecule has 1 saturated heterocycles. The molecular weight excluding hydrogens is 274 g/mol. The molecule has 0 N–H and O–H groups in total. The van der Waals surface area contributed by atoms with Crippen LogP contribution in [0.4, 0.5) is 0 Å². The Hall–Kier alpha value is -0.570. The van der Waals surface area contributed by atoms with Crippen LogP contribution in [0, 0.1) is 23.2 Å². The minimum Gasteiger partial charge on any atom is -0.381 e. The van der Waals surface area contributed by atoms with E-state index in [2.05, 4.69) is 25.7 Å². The Labute approximate surface area is 136 Å². The van der Waals surface area contributed by atoms with Crippen molar-refractivity contribution in [1.29, 1.82) is 0 Å². The van der Waals surface area contributed by atoms with Crippen LogP contribution in [0.5, 0.6) is 0 Å². The van der Waals surface area contributed by atoms with Gasteiger partial charge in [0.2, 0.25) is 5.91 Å². The molecule has 3 heteroatoms. The lowest BCUT2D eigenvalue weighted by atomic mass is 9.67. The van der Waals surface area contributed by atoms with Crippen molar-refractivity contribution in [3.63, 3.8) is 0 Å². The first-order valence-corrected chi connectivity index (χ1v) is 9.25. The maximum absolute atomic E-state index is 12.6. The predicted molar refractivity (Wildman–Crippen MR) is 90.7 cm³/mol. The zero-order chi connectivity index (χ0) is 16.2. The van der Waals surface area contributed by atoms with Gasteiger partial charge in [0.15, 0.2) is 0 Å². The second kappa shape index (κ2) is 7.81. The standard InChI is InChI=1S/C19H35NO2/c1-5-22-14-16-6-8-20(9-7-16)18(21)11-17-10-15(2)12-19(3,4)13-17/h15-17H,5-14H2,1-4H3/t15-,17-/m0/s1. The summed E-state index contributed by atoms with van der Waals surface area (Å²) < 4.78 is 5.52. The van der Waals surface area contributed by atoms with Crippen LogP contribution in [0.25, 0.3) is 0 Å². The molecule has 1 amide bonds. The van der Waals surface area contributed by atoms with E-state index < -0.39 is 0 Å². The number of carbonyl (C=O) groups excluding carboxylic acids is 1. The van der Waals surface area contributed by atoms with E-state index >= 15 is 0 Å². The Bertz CT molecular complexity index is 358. The minimum absolute atomic E-state index is 0.393. The minimum atomic E-state index is 0.393. The van der Waals surface area contributed by atoms with Crippen molar-refractivity contribution >= 4 is 5.91 Å². The summed E-state index contributed by atoms with van der Waals surface area (Å²) >= 11 is 0. The maximum Gasteiger partial charge on any atom is 0.222 e. The van der Waals surface area contributed by atoms with Crippen LogP contribution in [0.2, 0.25) is 0 Å². The third kappa shape index (κ3) is 5.26. The fraction of sp³-hybridized carbons (Fsp3) is 0.947. The molecule has 0 spiro atoms. The number of likely N-dealkylation sites (tertiary alicyclic amines) is 1. The lowest BCUT2D eigenvalue weighted by Crippen LogP contribution is -2.41. The van der Waals surface area contributed by atoms with Crippen molar-refractivity contribution in [3.8, 4) is 0 Å². The Morgan fingerprint density at radius 3 is 2.45 bits per heavy atom. The summed E-state index contributed by atoms with van der Waals surface area (Å²) in [4.78, 5) is 14.7. The van der Waals surface area contributed by atoms with Gasteiger partial charge in [0.05, 0.1) is 0 Å².